The zero-order chi connectivity index (χ0) is 25.8. The summed E-state index contributed by atoms with van der Waals surface area (Å²) in [6.07, 6.45) is 0. The lowest BCUT2D eigenvalue weighted by Gasteiger charge is -2.18. The summed E-state index contributed by atoms with van der Waals surface area (Å²) in [5.74, 6) is 0. The summed E-state index contributed by atoms with van der Waals surface area (Å²) in [5.41, 5.74) is 6.37. The molecule has 182 valence electrons. The molecular weight excluding hydrogens is 488 g/mol. The minimum absolute atomic E-state index is 1.25. The smallest absolute Gasteiger partial charge is 0.0355 e. The Morgan fingerprint density at radius 3 is 1.54 bits per heavy atom. The third kappa shape index (κ3) is 3.66. The zero-order valence-electron chi connectivity index (χ0n) is 21.3. The zero-order valence-corrected chi connectivity index (χ0v) is 22.1. The molecule has 0 saturated heterocycles. The highest BCUT2D eigenvalue weighted by Gasteiger charge is 2.17. The molecule has 0 fully saturated rings. The molecule has 1 aromatic heterocycles. The van der Waals surface area contributed by atoms with Gasteiger partial charge in [-0.05, 0) is 89.8 Å². The van der Waals surface area contributed by atoms with Crippen LogP contribution < -0.4 is 0 Å². The highest BCUT2D eigenvalue weighted by molar-refractivity contribution is 7.22. The van der Waals surface area contributed by atoms with Crippen LogP contribution in [0.1, 0.15) is 0 Å². The fraction of sp³-hybridized carbons (Fsp3) is 0. The van der Waals surface area contributed by atoms with Crippen LogP contribution in [0.3, 0.4) is 0 Å². The topological polar surface area (TPSA) is 0 Å². The highest BCUT2D eigenvalue weighted by atomic mass is 32.1. The van der Waals surface area contributed by atoms with E-state index in [4.69, 9.17) is 0 Å². The van der Waals surface area contributed by atoms with Crippen LogP contribution in [0, 0.1) is 0 Å². The van der Waals surface area contributed by atoms with Crippen LogP contribution in [0.15, 0.2) is 146 Å². The average Bonchev–Trinajstić information content (AvgIpc) is 3.44. The van der Waals surface area contributed by atoms with Crippen LogP contribution in [0.5, 0.6) is 0 Å². The van der Waals surface area contributed by atoms with Gasteiger partial charge in [0.2, 0.25) is 0 Å². The van der Waals surface area contributed by atoms with Gasteiger partial charge < -0.3 is 0 Å². The van der Waals surface area contributed by atoms with Crippen molar-refractivity contribution in [3.63, 3.8) is 0 Å². The van der Waals surface area contributed by atoms with Crippen molar-refractivity contribution in [2.45, 2.75) is 0 Å². The lowest BCUT2D eigenvalue weighted by Crippen LogP contribution is -1.91. The quantitative estimate of drug-likeness (QED) is 0.207. The SMILES string of the molecule is c1cc(-c2cc3ccccc3s2)cc(-c2c3ccccc3c(-c3ccc4ccccc4c3)c3ccccc23)c1. The van der Waals surface area contributed by atoms with E-state index in [1.165, 1.54) is 75.1 Å². The van der Waals surface area contributed by atoms with Gasteiger partial charge in [0.1, 0.15) is 0 Å². The van der Waals surface area contributed by atoms with Crippen LogP contribution in [0.25, 0.3) is 75.1 Å². The van der Waals surface area contributed by atoms with Gasteiger partial charge in [0.15, 0.2) is 0 Å². The fourth-order valence-corrected chi connectivity index (χ4v) is 7.11. The summed E-state index contributed by atoms with van der Waals surface area (Å²) < 4.78 is 1.33. The normalized spacial score (nSPS) is 11.6. The Hall–Kier alpha value is -4.72. The monoisotopic (exact) mass is 512 g/mol. The lowest BCUT2D eigenvalue weighted by molar-refractivity contribution is 1.66. The Morgan fingerprint density at radius 2 is 0.872 bits per heavy atom. The first kappa shape index (κ1) is 22.3. The summed E-state index contributed by atoms with van der Waals surface area (Å²) in [7, 11) is 0. The molecule has 0 N–H and O–H groups in total. The highest BCUT2D eigenvalue weighted by Crippen LogP contribution is 2.45. The van der Waals surface area contributed by atoms with E-state index in [2.05, 4.69) is 146 Å². The maximum atomic E-state index is 2.37. The van der Waals surface area contributed by atoms with Crippen molar-refractivity contribution >= 4 is 53.7 Å². The second-order valence-electron chi connectivity index (χ2n) is 10.1. The molecule has 0 spiro atoms. The van der Waals surface area contributed by atoms with Crippen molar-refractivity contribution in [2.75, 3.05) is 0 Å². The van der Waals surface area contributed by atoms with Crippen LogP contribution in [0.2, 0.25) is 0 Å². The molecule has 0 aliphatic rings. The molecule has 0 atom stereocenters. The van der Waals surface area contributed by atoms with E-state index >= 15 is 0 Å². The molecule has 1 heteroatoms. The van der Waals surface area contributed by atoms with Crippen LogP contribution in [-0.2, 0) is 0 Å². The second kappa shape index (κ2) is 8.94. The molecule has 1 heterocycles. The summed E-state index contributed by atoms with van der Waals surface area (Å²) in [4.78, 5) is 1.31. The van der Waals surface area contributed by atoms with Crippen molar-refractivity contribution in [3.8, 4) is 32.7 Å². The van der Waals surface area contributed by atoms with Gasteiger partial charge in [0, 0.05) is 9.58 Å². The molecule has 0 amide bonds. The number of rotatable bonds is 3. The first-order chi connectivity index (χ1) is 19.3. The average molecular weight is 513 g/mol. The Kier molecular flexibility index (Phi) is 5.11. The molecule has 39 heavy (non-hydrogen) atoms. The van der Waals surface area contributed by atoms with Crippen LogP contribution >= 0.6 is 11.3 Å². The maximum Gasteiger partial charge on any atom is 0.0355 e. The van der Waals surface area contributed by atoms with E-state index in [1.54, 1.807) is 0 Å². The predicted octanol–water partition coefficient (Wildman–Crippen LogP) is 11.4. The third-order valence-electron chi connectivity index (χ3n) is 7.83. The molecule has 7 aromatic carbocycles. The van der Waals surface area contributed by atoms with E-state index in [0.717, 1.165) is 0 Å². The van der Waals surface area contributed by atoms with Crippen LogP contribution in [0.4, 0.5) is 0 Å². The van der Waals surface area contributed by atoms with Gasteiger partial charge in [-0.3, -0.25) is 0 Å². The minimum Gasteiger partial charge on any atom is -0.135 e. The van der Waals surface area contributed by atoms with Crippen molar-refractivity contribution in [3.05, 3.63) is 146 Å². The van der Waals surface area contributed by atoms with Gasteiger partial charge in [-0.25, -0.2) is 0 Å². The summed E-state index contributed by atoms with van der Waals surface area (Å²) in [6.45, 7) is 0. The first-order valence-electron chi connectivity index (χ1n) is 13.4. The van der Waals surface area contributed by atoms with Crippen LogP contribution in [-0.4, -0.2) is 0 Å². The number of benzene rings is 7. The van der Waals surface area contributed by atoms with E-state index < -0.39 is 0 Å². The summed E-state index contributed by atoms with van der Waals surface area (Å²) in [6, 6.07) is 53.3. The molecule has 0 nitrogen and oxygen atoms in total. The minimum atomic E-state index is 1.25. The van der Waals surface area contributed by atoms with E-state index in [1.807, 2.05) is 11.3 Å². The van der Waals surface area contributed by atoms with E-state index in [9.17, 15) is 0 Å². The van der Waals surface area contributed by atoms with Crippen molar-refractivity contribution in [1.82, 2.24) is 0 Å². The Morgan fingerprint density at radius 1 is 0.333 bits per heavy atom. The third-order valence-corrected chi connectivity index (χ3v) is 9.00. The van der Waals surface area contributed by atoms with Gasteiger partial charge in [-0.2, -0.15) is 0 Å². The largest absolute Gasteiger partial charge is 0.135 e. The Balaban J connectivity index is 1.40. The number of fused-ring (bicyclic) bond motifs is 4. The molecule has 8 rings (SSSR count). The van der Waals surface area contributed by atoms with Crippen molar-refractivity contribution < 1.29 is 0 Å². The summed E-state index contributed by atoms with van der Waals surface area (Å²) >= 11 is 1.86. The number of hydrogen-bond acceptors (Lipinski definition) is 1. The Bertz CT molecular complexity index is 2090. The van der Waals surface area contributed by atoms with Crippen molar-refractivity contribution in [1.29, 1.82) is 0 Å². The molecule has 0 saturated carbocycles. The fourth-order valence-electron chi connectivity index (χ4n) is 6.05. The molecule has 0 aliphatic heterocycles. The van der Waals surface area contributed by atoms with Gasteiger partial charge in [-0.15, -0.1) is 11.3 Å². The molecule has 8 aromatic rings. The molecule has 0 radical (unpaired) electrons. The maximum absolute atomic E-state index is 2.37. The second-order valence-corrected chi connectivity index (χ2v) is 11.2. The molecular formula is C38H24S. The molecule has 0 aliphatic carbocycles. The lowest BCUT2D eigenvalue weighted by atomic mass is 9.85. The molecule has 0 bridgehead atoms. The molecule has 0 unspecified atom stereocenters. The predicted molar refractivity (Wildman–Crippen MR) is 171 cm³/mol. The van der Waals surface area contributed by atoms with Gasteiger partial charge in [0.05, 0.1) is 0 Å². The number of thiophene rings is 1. The van der Waals surface area contributed by atoms with E-state index in [0.29, 0.717) is 0 Å². The van der Waals surface area contributed by atoms with E-state index in [-0.39, 0.29) is 0 Å². The van der Waals surface area contributed by atoms with Crippen molar-refractivity contribution in [2.24, 2.45) is 0 Å². The first-order valence-corrected chi connectivity index (χ1v) is 14.2. The standard InChI is InChI=1S/C38H24S/c1-2-11-26-22-30(21-20-25(26)10-1)38-33-17-6-4-15-31(33)37(32-16-5-7-18-34(32)38)29-14-9-13-27(23-29)36-24-28-12-3-8-19-35(28)39-36/h1-24H. The number of hydrogen-bond donors (Lipinski definition) is 0. The Labute approximate surface area is 231 Å². The van der Waals surface area contributed by atoms with Gasteiger partial charge in [-0.1, -0.05) is 121 Å². The van der Waals surface area contributed by atoms with Gasteiger partial charge >= 0.3 is 0 Å². The summed E-state index contributed by atoms with van der Waals surface area (Å²) in [5, 5.41) is 8.98. The van der Waals surface area contributed by atoms with Gasteiger partial charge in [0.25, 0.3) is 0 Å².